The Morgan fingerprint density at radius 3 is 2.46 bits per heavy atom. The summed E-state index contributed by atoms with van der Waals surface area (Å²) in [6, 6.07) is 3.88. The van der Waals surface area contributed by atoms with E-state index in [4.69, 9.17) is 4.74 Å². The van der Waals surface area contributed by atoms with Crippen molar-refractivity contribution in [2.24, 2.45) is 4.99 Å². The third-order valence-corrected chi connectivity index (χ3v) is 4.02. The predicted octanol–water partition coefficient (Wildman–Crippen LogP) is 3.32. The summed E-state index contributed by atoms with van der Waals surface area (Å²) >= 11 is 0. The number of guanidine groups is 1. The van der Waals surface area contributed by atoms with E-state index >= 15 is 0 Å². The van der Waals surface area contributed by atoms with Gasteiger partial charge in [-0.1, -0.05) is 6.07 Å². The minimum Gasteiger partial charge on any atom is -0.372 e. The average molecular weight is 515 g/mol. The number of rotatable bonds is 6. The Kier molecular flexibility index (Phi) is 10.3. The zero-order chi connectivity index (χ0) is 19.9. The molecule has 0 aliphatic carbocycles. The molecule has 2 rings (SSSR count). The highest BCUT2D eigenvalue weighted by molar-refractivity contribution is 14.0. The Morgan fingerprint density at radius 2 is 1.93 bits per heavy atom. The third kappa shape index (κ3) is 8.80. The van der Waals surface area contributed by atoms with Gasteiger partial charge in [0.05, 0.1) is 25.2 Å². The first-order valence-corrected chi connectivity index (χ1v) is 9.21. The topological polar surface area (TPSA) is 61.8 Å². The summed E-state index contributed by atoms with van der Waals surface area (Å²) in [5.41, 5.74) is 0.890. The molecule has 2 N–H and O–H groups in total. The Morgan fingerprint density at radius 1 is 1.25 bits per heavy atom. The second kappa shape index (κ2) is 11.6. The lowest BCUT2D eigenvalue weighted by Crippen LogP contribution is -2.45. The van der Waals surface area contributed by atoms with Crippen LogP contribution in [0.3, 0.4) is 0 Å². The largest absolute Gasteiger partial charge is 0.390 e. The zero-order valence-electron chi connectivity index (χ0n) is 16.4. The first-order valence-electron chi connectivity index (χ1n) is 9.21. The molecule has 0 amide bonds. The van der Waals surface area contributed by atoms with Crippen molar-refractivity contribution in [3.05, 3.63) is 23.9 Å². The van der Waals surface area contributed by atoms with Crippen molar-refractivity contribution in [2.45, 2.75) is 52.1 Å². The number of hydrogen-bond acceptors (Lipinski definition) is 4. The number of nitrogens with zero attached hydrogens (tertiary/aromatic N) is 3. The van der Waals surface area contributed by atoms with Gasteiger partial charge in [-0.15, -0.1) is 24.0 Å². The molecule has 2 unspecified atom stereocenters. The Labute approximate surface area is 181 Å². The van der Waals surface area contributed by atoms with Gasteiger partial charge in [-0.3, -0.25) is 0 Å². The highest BCUT2D eigenvalue weighted by Gasteiger charge is 2.26. The van der Waals surface area contributed by atoms with Gasteiger partial charge in [0, 0.05) is 32.4 Å². The molecule has 2 atom stereocenters. The molecule has 1 saturated heterocycles. The van der Waals surface area contributed by atoms with Crippen molar-refractivity contribution in [1.82, 2.24) is 15.6 Å². The molecule has 0 saturated carbocycles. The standard InChI is InChI=1S/C18H28F3N5O.HI/c1-4-22-17(23-8-7-18(19,20)21)25-10-15-5-6-16(24-9-15)26-11-13(2)27-14(3)12-26;/h5-6,9,13-14H,4,7-8,10-12H2,1-3H3,(H2,22,23,25);1H. The van der Waals surface area contributed by atoms with Crippen LogP contribution in [-0.4, -0.2) is 55.5 Å². The zero-order valence-corrected chi connectivity index (χ0v) is 18.8. The number of aliphatic imine (C=N–C) groups is 1. The van der Waals surface area contributed by atoms with Crippen molar-refractivity contribution in [1.29, 1.82) is 0 Å². The predicted molar refractivity (Wildman–Crippen MR) is 115 cm³/mol. The van der Waals surface area contributed by atoms with Crippen molar-refractivity contribution in [3.63, 3.8) is 0 Å². The first-order chi connectivity index (χ1) is 12.8. The molecule has 0 bridgehead atoms. The average Bonchev–Trinajstić information content (AvgIpc) is 2.58. The monoisotopic (exact) mass is 515 g/mol. The van der Waals surface area contributed by atoms with E-state index in [1.54, 1.807) is 6.20 Å². The van der Waals surface area contributed by atoms with Crippen LogP contribution in [0.4, 0.5) is 19.0 Å². The van der Waals surface area contributed by atoms with E-state index in [2.05, 4.69) is 25.5 Å². The highest BCUT2D eigenvalue weighted by Crippen LogP contribution is 2.19. The number of anilines is 1. The number of halogens is 4. The van der Waals surface area contributed by atoms with Gasteiger partial charge in [-0.25, -0.2) is 9.98 Å². The molecular formula is C18H29F3IN5O. The van der Waals surface area contributed by atoms with Crippen LogP contribution < -0.4 is 15.5 Å². The van der Waals surface area contributed by atoms with Crippen LogP contribution in [0.25, 0.3) is 0 Å². The number of pyridine rings is 1. The minimum atomic E-state index is -4.18. The summed E-state index contributed by atoms with van der Waals surface area (Å²) in [6.07, 6.45) is -3.01. The summed E-state index contributed by atoms with van der Waals surface area (Å²) in [5.74, 6) is 1.25. The van der Waals surface area contributed by atoms with E-state index in [9.17, 15) is 13.2 Å². The molecule has 0 radical (unpaired) electrons. The van der Waals surface area contributed by atoms with Crippen molar-refractivity contribution in [2.75, 3.05) is 31.1 Å². The van der Waals surface area contributed by atoms with Gasteiger partial charge in [-0.05, 0) is 32.4 Å². The lowest BCUT2D eigenvalue weighted by atomic mass is 10.2. The van der Waals surface area contributed by atoms with Gasteiger partial charge in [0.25, 0.3) is 0 Å². The van der Waals surface area contributed by atoms with E-state index in [1.807, 2.05) is 32.9 Å². The van der Waals surface area contributed by atoms with Crippen LogP contribution in [0.2, 0.25) is 0 Å². The van der Waals surface area contributed by atoms with Gasteiger partial charge < -0.3 is 20.3 Å². The summed E-state index contributed by atoms with van der Waals surface area (Å²) in [4.78, 5) is 11.0. The quantitative estimate of drug-likeness (QED) is 0.346. The number of aromatic nitrogens is 1. The van der Waals surface area contributed by atoms with Crippen LogP contribution in [0, 0.1) is 0 Å². The lowest BCUT2D eigenvalue weighted by Gasteiger charge is -2.36. The minimum absolute atomic E-state index is 0. The number of alkyl halides is 3. The molecule has 6 nitrogen and oxygen atoms in total. The third-order valence-electron chi connectivity index (χ3n) is 4.02. The Bertz CT molecular complexity index is 602. The molecule has 1 aromatic heterocycles. The smallest absolute Gasteiger partial charge is 0.372 e. The van der Waals surface area contributed by atoms with E-state index < -0.39 is 12.6 Å². The summed E-state index contributed by atoms with van der Waals surface area (Å²) < 4.78 is 42.5. The number of nitrogens with one attached hydrogen (secondary N) is 2. The van der Waals surface area contributed by atoms with E-state index in [1.165, 1.54) is 0 Å². The van der Waals surface area contributed by atoms with Gasteiger partial charge in [0.2, 0.25) is 0 Å². The van der Waals surface area contributed by atoms with E-state index in [-0.39, 0.29) is 42.7 Å². The molecule has 10 heteroatoms. The fraction of sp³-hybridized carbons (Fsp3) is 0.667. The van der Waals surface area contributed by atoms with Crippen LogP contribution >= 0.6 is 24.0 Å². The van der Waals surface area contributed by atoms with Crippen molar-refractivity contribution in [3.8, 4) is 0 Å². The molecule has 1 aliphatic rings. The number of ether oxygens (including phenoxy) is 1. The molecule has 0 aromatic carbocycles. The summed E-state index contributed by atoms with van der Waals surface area (Å²) in [7, 11) is 0. The second-order valence-electron chi connectivity index (χ2n) is 6.67. The summed E-state index contributed by atoms with van der Waals surface area (Å²) in [5, 5.41) is 5.64. The van der Waals surface area contributed by atoms with Crippen LogP contribution in [0.1, 0.15) is 32.8 Å². The molecule has 1 fully saturated rings. The lowest BCUT2D eigenvalue weighted by molar-refractivity contribution is -0.132. The molecule has 1 aromatic rings. The van der Waals surface area contributed by atoms with Crippen LogP contribution in [0.15, 0.2) is 23.3 Å². The van der Waals surface area contributed by atoms with Gasteiger partial charge >= 0.3 is 6.18 Å². The van der Waals surface area contributed by atoms with Crippen LogP contribution in [0.5, 0.6) is 0 Å². The maximum atomic E-state index is 12.3. The molecule has 28 heavy (non-hydrogen) atoms. The maximum absolute atomic E-state index is 12.3. The first kappa shape index (κ1) is 24.7. The number of morpholine rings is 1. The molecule has 2 heterocycles. The van der Waals surface area contributed by atoms with Crippen molar-refractivity contribution >= 4 is 35.8 Å². The van der Waals surface area contributed by atoms with Gasteiger partial charge in [0.1, 0.15) is 5.82 Å². The Balaban J connectivity index is 0.00000392. The molecule has 1 aliphatic heterocycles. The van der Waals surface area contributed by atoms with Gasteiger partial charge in [-0.2, -0.15) is 13.2 Å². The molecule has 160 valence electrons. The second-order valence-corrected chi connectivity index (χ2v) is 6.67. The normalized spacial score (nSPS) is 20.5. The van der Waals surface area contributed by atoms with Gasteiger partial charge in [0.15, 0.2) is 5.96 Å². The van der Waals surface area contributed by atoms with Crippen LogP contribution in [-0.2, 0) is 11.3 Å². The fourth-order valence-electron chi connectivity index (χ4n) is 2.90. The van der Waals surface area contributed by atoms with E-state index in [0.29, 0.717) is 19.0 Å². The Hall–Kier alpha value is -1.30. The van der Waals surface area contributed by atoms with Crippen molar-refractivity contribution < 1.29 is 17.9 Å². The molecular weight excluding hydrogens is 486 g/mol. The van der Waals surface area contributed by atoms with E-state index in [0.717, 1.165) is 24.5 Å². The SMILES string of the molecule is CCNC(=NCc1ccc(N2CC(C)OC(C)C2)nc1)NCCC(F)(F)F.I. The number of hydrogen-bond donors (Lipinski definition) is 2. The summed E-state index contributed by atoms with van der Waals surface area (Å²) in [6.45, 7) is 8.24. The maximum Gasteiger partial charge on any atom is 0.390 e. The fourth-order valence-corrected chi connectivity index (χ4v) is 2.90. The highest BCUT2D eigenvalue weighted by atomic mass is 127. The molecule has 0 spiro atoms.